The summed E-state index contributed by atoms with van der Waals surface area (Å²) < 4.78 is 5.77. The number of benzene rings is 3. The van der Waals surface area contributed by atoms with E-state index in [1.54, 1.807) is 54.6 Å². The first-order valence-corrected chi connectivity index (χ1v) is 9.59. The van der Waals surface area contributed by atoms with Crippen LogP contribution in [0.2, 0.25) is 0 Å². The summed E-state index contributed by atoms with van der Waals surface area (Å²) in [6.45, 7) is 4.04. The summed E-state index contributed by atoms with van der Waals surface area (Å²) in [4.78, 5) is 24.7. The number of ether oxygens (including phenoxy) is 1. The average Bonchev–Trinajstić information content (AvgIpc) is 2.75. The van der Waals surface area contributed by atoms with Gasteiger partial charge in [-0.25, -0.2) is 0 Å². The number of rotatable bonds is 7. The molecule has 148 valence electrons. The predicted octanol–water partition coefficient (Wildman–Crippen LogP) is 5.37. The molecular weight excluding hydrogens is 364 g/mol. The van der Waals surface area contributed by atoms with Crippen LogP contribution in [-0.2, 0) is 0 Å². The molecule has 0 heterocycles. The van der Waals surface area contributed by atoms with Gasteiger partial charge in [0, 0.05) is 22.5 Å². The highest BCUT2D eigenvalue weighted by Crippen LogP contribution is 2.19. The fraction of sp³-hybridized carbons (Fsp3) is 0.167. The summed E-state index contributed by atoms with van der Waals surface area (Å²) in [6.07, 6.45) is 0.982. The summed E-state index contributed by atoms with van der Waals surface area (Å²) >= 11 is 0. The normalized spacial score (nSPS) is 11.4. The van der Waals surface area contributed by atoms with E-state index < -0.39 is 0 Å². The minimum Gasteiger partial charge on any atom is -0.491 e. The van der Waals surface area contributed by atoms with E-state index in [0.717, 1.165) is 6.42 Å². The van der Waals surface area contributed by atoms with Gasteiger partial charge in [-0.2, -0.15) is 0 Å². The van der Waals surface area contributed by atoms with Crippen molar-refractivity contribution in [1.29, 1.82) is 0 Å². The van der Waals surface area contributed by atoms with Crippen LogP contribution in [0.5, 0.6) is 5.75 Å². The minimum atomic E-state index is -0.222. The number of hydrogen-bond donors (Lipinski definition) is 2. The van der Waals surface area contributed by atoms with Crippen LogP contribution in [0.4, 0.5) is 11.4 Å². The molecule has 3 aromatic rings. The van der Waals surface area contributed by atoms with E-state index in [9.17, 15) is 9.59 Å². The van der Waals surface area contributed by atoms with Gasteiger partial charge in [0.25, 0.3) is 11.8 Å². The molecule has 0 spiro atoms. The molecule has 0 aromatic heterocycles. The molecule has 2 N–H and O–H groups in total. The zero-order valence-corrected chi connectivity index (χ0v) is 16.5. The van der Waals surface area contributed by atoms with Gasteiger partial charge < -0.3 is 15.4 Å². The van der Waals surface area contributed by atoms with Crippen molar-refractivity contribution in [3.05, 3.63) is 90.0 Å². The largest absolute Gasteiger partial charge is 0.491 e. The highest BCUT2D eigenvalue weighted by atomic mass is 16.5. The summed E-state index contributed by atoms with van der Waals surface area (Å²) in [5, 5.41) is 5.69. The topological polar surface area (TPSA) is 67.4 Å². The Morgan fingerprint density at radius 3 is 1.93 bits per heavy atom. The van der Waals surface area contributed by atoms with Gasteiger partial charge in [-0.3, -0.25) is 9.59 Å². The van der Waals surface area contributed by atoms with Crippen LogP contribution < -0.4 is 15.4 Å². The monoisotopic (exact) mass is 388 g/mol. The van der Waals surface area contributed by atoms with Gasteiger partial charge in [-0.1, -0.05) is 31.2 Å². The second-order valence-electron chi connectivity index (χ2n) is 6.72. The van der Waals surface area contributed by atoms with Crippen molar-refractivity contribution in [1.82, 2.24) is 0 Å². The highest BCUT2D eigenvalue weighted by Gasteiger charge is 2.10. The summed E-state index contributed by atoms with van der Waals surface area (Å²) in [5.41, 5.74) is 2.40. The van der Waals surface area contributed by atoms with E-state index >= 15 is 0 Å². The van der Waals surface area contributed by atoms with Gasteiger partial charge in [-0.05, 0) is 67.9 Å². The van der Waals surface area contributed by atoms with Crippen molar-refractivity contribution in [2.45, 2.75) is 26.4 Å². The van der Waals surface area contributed by atoms with E-state index in [1.807, 2.05) is 38.1 Å². The Morgan fingerprint density at radius 1 is 0.793 bits per heavy atom. The Bertz CT molecular complexity index is 969. The van der Waals surface area contributed by atoms with E-state index in [1.165, 1.54) is 0 Å². The van der Waals surface area contributed by atoms with Crippen LogP contribution in [0.25, 0.3) is 0 Å². The van der Waals surface area contributed by atoms with E-state index in [2.05, 4.69) is 10.6 Å². The molecular formula is C24H24N2O3. The lowest BCUT2D eigenvalue weighted by Crippen LogP contribution is -2.14. The van der Waals surface area contributed by atoms with Crippen LogP contribution in [0.1, 0.15) is 41.0 Å². The van der Waals surface area contributed by atoms with E-state index in [-0.39, 0.29) is 17.9 Å². The molecule has 29 heavy (non-hydrogen) atoms. The number of hydrogen-bond acceptors (Lipinski definition) is 3. The lowest BCUT2D eigenvalue weighted by Gasteiger charge is -2.13. The van der Waals surface area contributed by atoms with Crippen molar-refractivity contribution < 1.29 is 14.3 Å². The lowest BCUT2D eigenvalue weighted by atomic mass is 10.2. The maximum Gasteiger partial charge on any atom is 0.255 e. The van der Waals surface area contributed by atoms with Crippen molar-refractivity contribution in [2.24, 2.45) is 0 Å². The summed E-state index contributed by atoms with van der Waals surface area (Å²) in [6, 6.07) is 23.1. The number of amides is 2. The van der Waals surface area contributed by atoms with Crippen LogP contribution >= 0.6 is 0 Å². The van der Waals surface area contributed by atoms with Gasteiger partial charge >= 0.3 is 0 Å². The van der Waals surface area contributed by atoms with Crippen molar-refractivity contribution in [3.8, 4) is 5.75 Å². The quantitative estimate of drug-likeness (QED) is 0.572. The molecule has 2 amide bonds. The molecule has 0 bridgehead atoms. The van der Waals surface area contributed by atoms with Gasteiger partial charge in [0.1, 0.15) is 5.75 Å². The SMILES string of the molecule is CCC(C)Oc1cccc(C(=O)Nc2ccc(NC(=O)c3ccccc3)cc2)c1. The first-order chi connectivity index (χ1) is 14.0. The van der Waals surface area contributed by atoms with Gasteiger partial charge in [0.05, 0.1) is 6.10 Å². The molecule has 5 nitrogen and oxygen atoms in total. The Kier molecular flexibility index (Phi) is 6.63. The van der Waals surface area contributed by atoms with Crippen LogP contribution in [0, 0.1) is 0 Å². The smallest absolute Gasteiger partial charge is 0.255 e. The standard InChI is InChI=1S/C24H24N2O3/c1-3-17(2)29-22-11-7-10-19(16-22)24(28)26-21-14-12-20(13-15-21)25-23(27)18-8-5-4-6-9-18/h4-17H,3H2,1-2H3,(H,25,27)(H,26,28). The van der Waals surface area contributed by atoms with Crippen molar-refractivity contribution >= 4 is 23.2 Å². The molecule has 1 unspecified atom stereocenters. The zero-order valence-electron chi connectivity index (χ0n) is 16.5. The lowest BCUT2D eigenvalue weighted by molar-refractivity contribution is 0.101. The molecule has 0 saturated carbocycles. The molecule has 0 radical (unpaired) electrons. The highest BCUT2D eigenvalue weighted by molar-refractivity contribution is 6.05. The second kappa shape index (κ2) is 9.55. The number of carbonyl (C=O) groups is 2. The van der Waals surface area contributed by atoms with E-state index in [0.29, 0.717) is 28.3 Å². The number of anilines is 2. The van der Waals surface area contributed by atoms with Crippen LogP contribution in [0.15, 0.2) is 78.9 Å². The fourth-order valence-electron chi connectivity index (χ4n) is 2.66. The number of carbonyl (C=O) groups excluding carboxylic acids is 2. The number of nitrogens with one attached hydrogen (secondary N) is 2. The summed E-state index contributed by atoms with van der Waals surface area (Å²) in [5.74, 6) is 0.271. The molecule has 3 aromatic carbocycles. The average molecular weight is 388 g/mol. The molecule has 3 rings (SSSR count). The molecule has 5 heteroatoms. The maximum atomic E-state index is 12.5. The molecule has 0 aliphatic carbocycles. The predicted molar refractivity (Wildman–Crippen MR) is 116 cm³/mol. The second-order valence-corrected chi connectivity index (χ2v) is 6.72. The van der Waals surface area contributed by atoms with Crippen LogP contribution in [0.3, 0.4) is 0 Å². The molecule has 0 aliphatic rings. The third kappa shape index (κ3) is 5.69. The Labute approximate surface area is 170 Å². The van der Waals surface area contributed by atoms with Gasteiger partial charge in [0.15, 0.2) is 0 Å². The first kappa shape index (κ1) is 20.1. The van der Waals surface area contributed by atoms with E-state index in [4.69, 9.17) is 4.74 Å². The zero-order chi connectivity index (χ0) is 20.6. The molecule has 0 fully saturated rings. The van der Waals surface area contributed by atoms with Crippen molar-refractivity contribution in [3.63, 3.8) is 0 Å². The maximum absolute atomic E-state index is 12.5. The third-order valence-corrected chi connectivity index (χ3v) is 4.45. The molecule has 0 saturated heterocycles. The molecule has 1 atom stereocenters. The Balaban J connectivity index is 1.61. The van der Waals surface area contributed by atoms with Gasteiger partial charge in [0.2, 0.25) is 0 Å². The van der Waals surface area contributed by atoms with Gasteiger partial charge in [-0.15, -0.1) is 0 Å². The Morgan fingerprint density at radius 2 is 1.34 bits per heavy atom. The summed E-state index contributed by atoms with van der Waals surface area (Å²) in [7, 11) is 0. The molecule has 0 aliphatic heterocycles. The third-order valence-electron chi connectivity index (χ3n) is 4.45. The van der Waals surface area contributed by atoms with Crippen LogP contribution in [-0.4, -0.2) is 17.9 Å². The first-order valence-electron chi connectivity index (χ1n) is 9.59. The fourth-order valence-corrected chi connectivity index (χ4v) is 2.66. The van der Waals surface area contributed by atoms with Crippen molar-refractivity contribution in [2.75, 3.05) is 10.6 Å². The minimum absolute atomic E-state index is 0.0898. The Hall–Kier alpha value is -3.60.